The molecule has 0 radical (unpaired) electrons. The van der Waals surface area contributed by atoms with Crippen LogP contribution in [0.25, 0.3) is 16.9 Å². The van der Waals surface area contributed by atoms with Crippen LogP contribution in [0.4, 0.5) is 5.69 Å². The number of nitrogens with zero attached hydrogens (tertiary/aromatic N) is 4. The van der Waals surface area contributed by atoms with Crippen LogP contribution in [0.2, 0.25) is 0 Å². The summed E-state index contributed by atoms with van der Waals surface area (Å²) in [6.45, 7) is 0.489. The molecule has 0 fully saturated rings. The third-order valence-electron chi connectivity index (χ3n) is 4.53. The van der Waals surface area contributed by atoms with Gasteiger partial charge < -0.3 is 4.74 Å². The number of rotatable bonds is 6. The summed E-state index contributed by atoms with van der Waals surface area (Å²) in [7, 11) is 1.63. The quantitative estimate of drug-likeness (QED) is 0.338. The van der Waals surface area contributed by atoms with E-state index in [9.17, 15) is 10.1 Å². The Hall–Kier alpha value is -3.78. The lowest BCUT2D eigenvalue weighted by Gasteiger charge is -2.10. The molecule has 4 aromatic rings. The predicted molar refractivity (Wildman–Crippen MR) is 116 cm³/mol. The Morgan fingerprint density at radius 1 is 1.13 bits per heavy atom. The number of pyridine rings is 1. The van der Waals surface area contributed by atoms with E-state index in [0.29, 0.717) is 6.54 Å². The molecule has 0 amide bonds. The number of nitro benzene ring substituents is 1. The molecule has 0 bridgehead atoms. The van der Waals surface area contributed by atoms with E-state index in [4.69, 9.17) is 9.73 Å². The average molecular weight is 418 g/mol. The zero-order valence-corrected chi connectivity index (χ0v) is 17.0. The van der Waals surface area contributed by atoms with Crippen molar-refractivity contribution in [2.24, 2.45) is 4.99 Å². The second-order valence-electron chi connectivity index (χ2n) is 6.42. The summed E-state index contributed by atoms with van der Waals surface area (Å²) in [6.07, 6.45) is 3.52. The molecule has 7 nitrogen and oxygen atoms in total. The van der Waals surface area contributed by atoms with Crippen LogP contribution in [-0.2, 0) is 6.54 Å². The van der Waals surface area contributed by atoms with Crippen molar-refractivity contribution in [3.63, 3.8) is 0 Å². The molecule has 0 atom stereocenters. The van der Waals surface area contributed by atoms with Gasteiger partial charge in [0.15, 0.2) is 4.80 Å². The lowest BCUT2D eigenvalue weighted by Crippen LogP contribution is -2.14. The number of thiazole rings is 1. The molecular weight excluding hydrogens is 400 g/mol. The fraction of sp³-hybridized carbons (Fsp3) is 0.0909. The lowest BCUT2D eigenvalue weighted by molar-refractivity contribution is -0.384. The SMILES string of the molecule is COc1ccc(-c2csc(=NCc3cccnc3)n2-c2ccc([N+](=O)[O-])cc2)cc1. The molecule has 30 heavy (non-hydrogen) atoms. The average Bonchev–Trinajstić information content (AvgIpc) is 3.22. The molecule has 0 unspecified atom stereocenters. The smallest absolute Gasteiger partial charge is 0.269 e. The van der Waals surface area contributed by atoms with Gasteiger partial charge in [-0.15, -0.1) is 11.3 Å². The van der Waals surface area contributed by atoms with Crippen LogP contribution < -0.4 is 9.54 Å². The molecular formula is C22H18N4O3S. The first-order chi connectivity index (χ1) is 14.7. The molecule has 0 saturated carbocycles. The van der Waals surface area contributed by atoms with E-state index in [-0.39, 0.29) is 5.69 Å². The van der Waals surface area contributed by atoms with Crippen molar-refractivity contribution in [1.29, 1.82) is 0 Å². The number of methoxy groups -OCH3 is 1. The summed E-state index contributed by atoms with van der Waals surface area (Å²) in [4.78, 5) is 20.3. The Labute approximate surface area is 176 Å². The van der Waals surface area contributed by atoms with Crippen molar-refractivity contribution in [2.45, 2.75) is 6.54 Å². The standard InChI is InChI=1S/C22H18N4O3S/c1-29-20-10-4-17(5-11-20)21-15-30-22(24-14-16-3-2-12-23-13-16)25(21)18-6-8-19(9-7-18)26(27)28/h2-13,15H,14H2,1H3. The number of ether oxygens (including phenoxy) is 1. The van der Waals surface area contributed by atoms with E-state index < -0.39 is 4.92 Å². The highest BCUT2D eigenvalue weighted by molar-refractivity contribution is 7.07. The molecule has 0 N–H and O–H groups in total. The van der Waals surface area contributed by atoms with Gasteiger partial charge in [0.05, 0.1) is 24.3 Å². The van der Waals surface area contributed by atoms with Crippen LogP contribution in [0.3, 0.4) is 0 Å². The second kappa shape index (κ2) is 8.71. The highest BCUT2D eigenvalue weighted by Crippen LogP contribution is 2.26. The Kier molecular flexibility index (Phi) is 5.67. The van der Waals surface area contributed by atoms with Crippen LogP contribution in [0.5, 0.6) is 5.75 Å². The Balaban J connectivity index is 1.82. The topological polar surface area (TPSA) is 82.5 Å². The number of aromatic nitrogens is 2. The van der Waals surface area contributed by atoms with Crippen molar-refractivity contribution < 1.29 is 9.66 Å². The molecule has 2 aromatic heterocycles. The van der Waals surface area contributed by atoms with E-state index in [2.05, 4.69) is 4.98 Å². The summed E-state index contributed by atoms with van der Waals surface area (Å²) in [6, 6.07) is 18.1. The van der Waals surface area contributed by atoms with Gasteiger partial charge in [0.25, 0.3) is 5.69 Å². The Morgan fingerprint density at radius 2 is 1.90 bits per heavy atom. The van der Waals surface area contributed by atoms with Gasteiger partial charge in [0.2, 0.25) is 0 Å². The molecule has 4 rings (SSSR count). The number of hydrogen-bond acceptors (Lipinski definition) is 6. The van der Waals surface area contributed by atoms with Crippen molar-refractivity contribution in [3.05, 3.63) is 98.9 Å². The van der Waals surface area contributed by atoms with Gasteiger partial charge in [0, 0.05) is 35.6 Å². The van der Waals surface area contributed by atoms with Crippen LogP contribution in [-0.4, -0.2) is 21.6 Å². The third kappa shape index (κ3) is 4.13. The largest absolute Gasteiger partial charge is 0.497 e. The predicted octanol–water partition coefficient (Wildman–Crippen LogP) is 4.62. The number of nitro groups is 1. The van der Waals surface area contributed by atoms with Gasteiger partial charge in [0.1, 0.15) is 5.75 Å². The Morgan fingerprint density at radius 3 is 2.53 bits per heavy atom. The second-order valence-corrected chi connectivity index (χ2v) is 7.25. The van der Waals surface area contributed by atoms with E-state index in [0.717, 1.165) is 33.1 Å². The molecule has 0 aliphatic rings. The lowest BCUT2D eigenvalue weighted by atomic mass is 10.1. The van der Waals surface area contributed by atoms with Crippen LogP contribution in [0.1, 0.15) is 5.56 Å². The molecule has 2 aromatic carbocycles. The van der Waals surface area contributed by atoms with Gasteiger partial charge in [-0.05, 0) is 53.6 Å². The van der Waals surface area contributed by atoms with Crippen molar-refractivity contribution in [3.8, 4) is 22.7 Å². The normalized spacial score (nSPS) is 11.4. The maximum Gasteiger partial charge on any atom is 0.269 e. The van der Waals surface area contributed by atoms with Crippen molar-refractivity contribution in [2.75, 3.05) is 7.11 Å². The first-order valence-electron chi connectivity index (χ1n) is 9.15. The summed E-state index contributed by atoms with van der Waals surface area (Å²) in [5, 5.41) is 13.1. The van der Waals surface area contributed by atoms with Crippen molar-refractivity contribution in [1.82, 2.24) is 9.55 Å². The minimum absolute atomic E-state index is 0.0504. The van der Waals surface area contributed by atoms with Crippen LogP contribution in [0.15, 0.2) is 83.4 Å². The molecule has 0 aliphatic heterocycles. The minimum atomic E-state index is -0.403. The summed E-state index contributed by atoms with van der Waals surface area (Å²) in [5.41, 5.74) is 3.80. The zero-order chi connectivity index (χ0) is 20.9. The van der Waals surface area contributed by atoms with Gasteiger partial charge in [-0.3, -0.25) is 24.7 Å². The number of non-ortho nitro benzene ring substituents is 1. The maximum absolute atomic E-state index is 11.0. The van der Waals surface area contributed by atoms with Crippen LogP contribution in [0, 0.1) is 10.1 Å². The van der Waals surface area contributed by atoms with Gasteiger partial charge in [-0.1, -0.05) is 6.07 Å². The van der Waals surface area contributed by atoms with Gasteiger partial charge >= 0.3 is 0 Å². The molecule has 8 heteroatoms. The fourth-order valence-electron chi connectivity index (χ4n) is 3.01. The first kappa shape index (κ1) is 19.5. The summed E-state index contributed by atoms with van der Waals surface area (Å²) < 4.78 is 7.26. The van der Waals surface area contributed by atoms with E-state index >= 15 is 0 Å². The van der Waals surface area contributed by atoms with Crippen molar-refractivity contribution >= 4 is 17.0 Å². The zero-order valence-electron chi connectivity index (χ0n) is 16.1. The molecule has 150 valence electrons. The van der Waals surface area contributed by atoms with E-state index in [1.54, 1.807) is 31.6 Å². The molecule has 0 saturated heterocycles. The summed E-state index contributed by atoms with van der Waals surface area (Å²) >= 11 is 1.52. The number of benzene rings is 2. The Bertz CT molecular complexity index is 1210. The monoisotopic (exact) mass is 418 g/mol. The fourth-order valence-corrected chi connectivity index (χ4v) is 3.91. The van der Waals surface area contributed by atoms with Gasteiger partial charge in [-0.25, -0.2) is 0 Å². The van der Waals surface area contributed by atoms with E-state index in [1.165, 1.54) is 23.5 Å². The third-order valence-corrected chi connectivity index (χ3v) is 5.40. The number of hydrogen-bond donors (Lipinski definition) is 0. The molecule has 0 aliphatic carbocycles. The van der Waals surface area contributed by atoms with Gasteiger partial charge in [-0.2, -0.15) is 0 Å². The van der Waals surface area contributed by atoms with E-state index in [1.807, 2.05) is 46.3 Å². The molecule has 0 spiro atoms. The highest BCUT2D eigenvalue weighted by atomic mass is 32.1. The maximum atomic E-state index is 11.0. The first-order valence-corrected chi connectivity index (χ1v) is 10.0. The molecule has 2 heterocycles. The highest BCUT2D eigenvalue weighted by Gasteiger charge is 2.12. The summed E-state index contributed by atoms with van der Waals surface area (Å²) in [5.74, 6) is 0.775. The minimum Gasteiger partial charge on any atom is -0.497 e. The van der Waals surface area contributed by atoms with Crippen LogP contribution >= 0.6 is 11.3 Å².